The smallest absolute Gasteiger partial charge is 0.0640 e. The summed E-state index contributed by atoms with van der Waals surface area (Å²) in [4.78, 5) is 3.65. The van der Waals surface area contributed by atoms with Crippen molar-refractivity contribution in [3.8, 4) is 0 Å². The molecule has 4 rings (SSSR count). The second-order valence-electron chi connectivity index (χ2n) is 7.16. The van der Waals surface area contributed by atoms with Gasteiger partial charge in [0.15, 0.2) is 0 Å². The molecule has 0 unspecified atom stereocenters. The van der Waals surface area contributed by atoms with Crippen molar-refractivity contribution in [1.82, 2.24) is 4.98 Å². The Kier molecular flexibility index (Phi) is 5.58. The topological polar surface area (TPSA) is 27.8 Å². The highest BCUT2D eigenvalue weighted by Crippen LogP contribution is 2.35. The highest BCUT2D eigenvalue weighted by atomic mass is 14.9. The number of benzene rings is 3. The molecule has 0 amide bonds. The Bertz CT molecular complexity index is 1030. The first kappa shape index (κ1) is 18.1. The minimum Gasteiger partial charge on any atom is -0.379 e. The number of nitrogens with one attached hydrogen (secondary N) is 2. The Balaban J connectivity index is 1.61. The molecule has 0 aliphatic heterocycles. The minimum absolute atomic E-state index is 0.269. The van der Waals surface area contributed by atoms with Crippen LogP contribution < -0.4 is 5.32 Å². The minimum atomic E-state index is 0.269. The maximum absolute atomic E-state index is 4.13. The molecule has 0 spiro atoms. The zero-order valence-corrected chi connectivity index (χ0v) is 16.1. The summed E-state index contributed by atoms with van der Waals surface area (Å²) < 4.78 is 0. The first-order chi connectivity index (χ1) is 13.8. The van der Waals surface area contributed by atoms with Gasteiger partial charge in [0.25, 0.3) is 0 Å². The fraction of sp³-hybridized carbons (Fsp3) is 0.154. The fourth-order valence-corrected chi connectivity index (χ4v) is 3.76. The summed E-state index contributed by atoms with van der Waals surface area (Å²) in [7, 11) is 0. The quantitative estimate of drug-likeness (QED) is 0.334. The lowest BCUT2D eigenvalue weighted by Crippen LogP contribution is -2.05. The van der Waals surface area contributed by atoms with Gasteiger partial charge in [0.1, 0.15) is 0 Å². The average Bonchev–Trinajstić information content (AvgIpc) is 3.12. The maximum atomic E-state index is 4.13. The maximum Gasteiger partial charge on any atom is 0.0640 e. The second-order valence-corrected chi connectivity index (χ2v) is 7.16. The Labute approximate surface area is 166 Å². The van der Waals surface area contributed by atoms with Crippen molar-refractivity contribution in [2.24, 2.45) is 0 Å². The van der Waals surface area contributed by atoms with Gasteiger partial charge in [-0.1, -0.05) is 84.9 Å². The molecule has 1 heterocycles. The summed E-state index contributed by atoms with van der Waals surface area (Å²) in [6, 6.07) is 29.7. The number of anilines is 1. The van der Waals surface area contributed by atoms with Crippen molar-refractivity contribution in [2.45, 2.75) is 25.3 Å². The van der Waals surface area contributed by atoms with Crippen LogP contribution in [0.25, 0.3) is 10.9 Å². The van der Waals surface area contributed by atoms with Crippen LogP contribution >= 0.6 is 0 Å². The Morgan fingerprint density at radius 1 is 0.821 bits per heavy atom. The van der Waals surface area contributed by atoms with Gasteiger partial charge in [-0.05, 0) is 30.0 Å². The van der Waals surface area contributed by atoms with E-state index in [1.165, 1.54) is 33.4 Å². The van der Waals surface area contributed by atoms with Gasteiger partial charge in [0.2, 0.25) is 0 Å². The molecule has 0 saturated carbocycles. The van der Waals surface area contributed by atoms with Crippen LogP contribution in [0, 0.1) is 0 Å². The zero-order chi connectivity index (χ0) is 19.2. The molecule has 2 nitrogen and oxygen atoms in total. The number of allylic oxidation sites excluding steroid dienone is 1. The summed E-state index contributed by atoms with van der Waals surface area (Å²) in [5.41, 5.74) is 6.22. The fourth-order valence-electron chi connectivity index (χ4n) is 3.76. The van der Waals surface area contributed by atoms with Crippen LogP contribution in [0.15, 0.2) is 97.6 Å². The third-order valence-electron chi connectivity index (χ3n) is 5.29. The third kappa shape index (κ3) is 4.01. The van der Waals surface area contributed by atoms with E-state index >= 15 is 0 Å². The van der Waals surface area contributed by atoms with Crippen LogP contribution in [0.3, 0.4) is 0 Å². The molecule has 3 aromatic carbocycles. The molecular formula is C26H26N2. The summed E-state index contributed by atoms with van der Waals surface area (Å²) in [5.74, 6) is 0.269. The lowest BCUT2D eigenvalue weighted by molar-refractivity contribution is 0.723. The molecule has 1 aromatic heterocycles. The van der Waals surface area contributed by atoms with E-state index in [0.29, 0.717) is 0 Å². The summed E-state index contributed by atoms with van der Waals surface area (Å²) in [6.45, 7) is 4.94. The molecule has 0 aliphatic rings. The van der Waals surface area contributed by atoms with Gasteiger partial charge in [0.05, 0.1) is 5.69 Å². The first-order valence-electron chi connectivity index (χ1n) is 9.90. The van der Waals surface area contributed by atoms with Crippen molar-refractivity contribution >= 4 is 16.6 Å². The van der Waals surface area contributed by atoms with E-state index in [4.69, 9.17) is 0 Å². The highest BCUT2D eigenvalue weighted by Gasteiger charge is 2.18. The summed E-state index contributed by atoms with van der Waals surface area (Å²) in [6.07, 6.45) is 4.13. The normalized spacial score (nSPS) is 12.0. The van der Waals surface area contributed by atoms with E-state index in [2.05, 4.69) is 108 Å². The molecule has 2 heteroatoms. The van der Waals surface area contributed by atoms with E-state index in [1.54, 1.807) is 0 Å². The van der Waals surface area contributed by atoms with Crippen LogP contribution in [0.4, 0.5) is 5.69 Å². The van der Waals surface area contributed by atoms with E-state index in [1.807, 2.05) is 0 Å². The highest BCUT2D eigenvalue weighted by molar-refractivity contribution is 5.94. The first-order valence-corrected chi connectivity index (χ1v) is 9.90. The van der Waals surface area contributed by atoms with Crippen LogP contribution in [0.1, 0.15) is 29.2 Å². The number of aromatic nitrogens is 1. The van der Waals surface area contributed by atoms with E-state index in [9.17, 15) is 0 Å². The van der Waals surface area contributed by atoms with Gasteiger partial charge in [0, 0.05) is 29.1 Å². The number of aromatic amines is 1. The van der Waals surface area contributed by atoms with E-state index < -0.39 is 0 Å². The molecular weight excluding hydrogens is 340 g/mol. The number of rotatable bonds is 8. The predicted molar refractivity (Wildman–Crippen MR) is 120 cm³/mol. The number of fused-ring (bicyclic) bond motifs is 1. The number of hydrogen-bond donors (Lipinski definition) is 2. The molecule has 0 fully saturated rings. The van der Waals surface area contributed by atoms with Gasteiger partial charge >= 0.3 is 0 Å². The molecule has 2 N–H and O–H groups in total. The number of aryl methyl sites for hydroxylation is 1. The number of H-pyrrole nitrogens is 1. The van der Waals surface area contributed by atoms with Crippen LogP contribution in [-0.2, 0) is 13.0 Å². The SMILES string of the molecule is C=C[C@H](CCc1ccccc1)c1[nH]c2ccccc2c1NCc1ccccc1. The molecule has 28 heavy (non-hydrogen) atoms. The molecule has 1 atom stereocenters. The zero-order valence-electron chi connectivity index (χ0n) is 16.1. The summed E-state index contributed by atoms with van der Waals surface area (Å²) in [5, 5.41) is 4.92. The van der Waals surface area contributed by atoms with Gasteiger partial charge in [-0.3, -0.25) is 0 Å². The van der Waals surface area contributed by atoms with Crippen molar-refractivity contribution in [3.63, 3.8) is 0 Å². The third-order valence-corrected chi connectivity index (χ3v) is 5.29. The predicted octanol–water partition coefficient (Wildman–Crippen LogP) is 6.68. The molecule has 140 valence electrons. The lowest BCUT2D eigenvalue weighted by atomic mass is 9.95. The van der Waals surface area contributed by atoms with E-state index in [0.717, 1.165) is 19.4 Å². The van der Waals surface area contributed by atoms with Gasteiger partial charge in [-0.25, -0.2) is 0 Å². The van der Waals surface area contributed by atoms with Gasteiger partial charge in [-0.2, -0.15) is 0 Å². The Morgan fingerprint density at radius 2 is 1.46 bits per heavy atom. The molecule has 0 bridgehead atoms. The van der Waals surface area contributed by atoms with Crippen molar-refractivity contribution in [2.75, 3.05) is 5.32 Å². The molecule has 0 radical (unpaired) electrons. The number of hydrogen-bond acceptors (Lipinski definition) is 1. The average molecular weight is 367 g/mol. The standard InChI is InChI=1S/C26H26N2/c1-2-22(18-17-20-11-5-3-6-12-20)25-26(23-15-9-10-16-24(23)28-25)27-19-21-13-7-4-8-14-21/h2-16,22,27-28H,1,17-19H2/t22-/m1/s1. The lowest BCUT2D eigenvalue weighted by Gasteiger charge is -2.15. The Hall–Kier alpha value is -3.26. The van der Waals surface area contributed by atoms with Crippen molar-refractivity contribution < 1.29 is 0 Å². The Morgan fingerprint density at radius 3 is 2.18 bits per heavy atom. The molecule has 4 aromatic rings. The van der Waals surface area contributed by atoms with Crippen molar-refractivity contribution in [3.05, 3.63) is 114 Å². The number of para-hydroxylation sites is 1. The molecule has 0 aliphatic carbocycles. The van der Waals surface area contributed by atoms with Crippen LogP contribution in [0.2, 0.25) is 0 Å². The van der Waals surface area contributed by atoms with Crippen LogP contribution in [0.5, 0.6) is 0 Å². The largest absolute Gasteiger partial charge is 0.379 e. The second kappa shape index (κ2) is 8.62. The van der Waals surface area contributed by atoms with Gasteiger partial charge in [-0.15, -0.1) is 6.58 Å². The monoisotopic (exact) mass is 366 g/mol. The summed E-state index contributed by atoms with van der Waals surface area (Å²) >= 11 is 0. The molecule has 0 saturated heterocycles. The van der Waals surface area contributed by atoms with Gasteiger partial charge < -0.3 is 10.3 Å². The van der Waals surface area contributed by atoms with Crippen LogP contribution in [-0.4, -0.2) is 4.98 Å². The van der Waals surface area contributed by atoms with E-state index in [-0.39, 0.29) is 5.92 Å². The van der Waals surface area contributed by atoms with Crippen molar-refractivity contribution in [1.29, 1.82) is 0 Å².